The summed E-state index contributed by atoms with van der Waals surface area (Å²) < 4.78 is 5.96. The summed E-state index contributed by atoms with van der Waals surface area (Å²) in [7, 11) is 0. The van der Waals surface area contributed by atoms with E-state index in [1.165, 1.54) is 26.1 Å². The van der Waals surface area contributed by atoms with Gasteiger partial charge in [-0.15, -0.1) is 0 Å². The van der Waals surface area contributed by atoms with Crippen LogP contribution < -0.4 is 5.32 Å². The molecular formula is C19H37N3O2. The quantitative estimate of drug-likeness (QED) is 0.698. The van der Waals surface area contributed by atoms with Crippen LogP contribution in [0.1, 0.15) is 47.0 Å². The second-order valence-electron chi connectivity index (χ2n) is 7.98. The lowest BCUT2D eigenvalue weighted by Crippen LogP contribution is -2.50. The summed E-state index contributed by atoms with van der Waals surface area (Å²) >= 11 is 0. The van der Waals surface area contributed by atoms with Crippen LogP contribution in [0.3, 0.4) is 0 Å². The summed E-state index contributed by atoms with van der Waals surface area (Å²) in [6, 6.07) is 0.328. The first-order chi connectivity index (χ1) is 11.5. The molecule has 0 bridgehead atoms. The Morgan fingerprint density at radius 3 is 2.33 bits per heavy atom. The zero-order valence-corrected chi connectivity index (χ0v) is 16.1. The van der Waals surface area contributed by atoms with Crippen molar-refractivity contribution in [2.24, 2.45) is 11.8 Å². The predicted molar refractivity (Wildman–Crippen MR) is 98.1 cm³/mol. The van der Waals surface area contributed by atoms with E-state index in [0.717, 1.165) is 45.0 Å². The van der Waals surface area contributed by atoms with E-state index >= 15 is 0 Å². The van der Waals surface area contributed by atoms with Crippen LogP contribution in [0.25, 0.3) is 0 Å². The molecule has 2 rings (SSSR count). The molecule has 1 saturated heterocycles. The van der Waals surface area contributed by atoms with Crippen molar-refractivity contribution in [1.29, 1.82) is 0 Å². The van der Waals surface area contributed by atoms with E-state index in [2.05, 4.69) is 29.0 Å². The van der Waals surface area contributed by atoms with Crippen LogP contribution in [-0.4, -0.2) is 73.7 Å². The van der Waals surface area contributed by atoms with E-state index in [4.69, 9.17) is 4.74 Å². The third kappa shape index (κ3) is 6.34. The number of hydrogen-bond donors (Lipinski definition) is 1. The molecule has 0 radical (unpaired) electrons. The van der Waals surface area contributed by atoms with Gasteiger partial charge in [-0.05, 0) is 18.8 Å². The van der Waals surface area contributed by atoms with Crippen LogP contribution >= 0.6 is 0 Å². The van der Waals surface area contributed by atoms with Gasteiger partial charge in [-0.3, -0.25) is 9.69 Å². The second-order valence-corrected chi connectivity index (χ2v) is 7.98. The van der Waals surface area contributed by atoms with Gasteiger partial charge in [-0.25, -0.2) is 0 Å². The van der Waals surface area contributed by atoms with Crippen LogP contribution in [0.2, 0.25) is 0 Å². The molecule has 0 aromatic carbocycles. The van der Waals surface area contributed by atoms with Gasteiger partial charge in [0.2, 0.25) is 5.91 Å². The molecule has 1 atom stereocenters. The number of nitrogens with one attached hydrogen (secondary N) is 1. The number of hydrogen-bond acceptors (Lipinski definition) is 4. The number of rotatable bonds is 9. The standard InChI is InChI=1S/C19H37N3O2/c1-5-16(4)14-22-8-6-21(7-9-22)10-11-24-18-12-17(13-18)20-19(23)15(2)3/h15-18H,5-14H2,1-4H3,(H,20,23). The molecule has 2 fully saturated rings. The molecule has 5 nitrogen and oxygen atoms in total. The number of carbonyl (C=O) groups is 1. The maximum atomic E-state index is 11.6. The molecule has 5 heteroatoms. The monoisotopic (exact) mass is 339 g/mol. The lowest BCUT2D eigenvalue weighted by atomic mass is 9.89. The van der Waals surface area contributed by atoms with Gasteiger partial charge < -0.3 is 15.0 Å². The first-order valence-electron chi connectivity index (χ1n) is 9.84. The lowest BCUT2D eigenvalue weighted by molar-refractivity contribution is -0.126. The van der Waals surface area contributed by atoms with Gasteiger partial charge >= 0.3 is 0 Å². The molecule has 0 spiro atoms. The maximum Gasteiger partial charge on any atom is 0.222 e. The van der Waals surface area contributed by atoms with Crippen molar-refractivity contribution in [3.05, 3.63) is 0 Å². The fourth-order valence-corrected chi connectivity index (χ4v) is 3.30. The number of ether oxygens (including phenoxy) is 1. The molecule has 1 aliphatic carbocycles. The Balaban J connectivity index is 1.49. The summed E-state index contributed by atoms with van der Waals surface area (Å²) in [5.74, 6) is 1.04. The van der Waals surface area contributed by atoms with Gasteiger partial charge in [-0.1, -0.05) is 34.1 Å². The normalized spacial score (nSPS) is 27.0. The Morgan fingerprint density at radius 1 is 1.12 bits per heavy atom. The van der Waals surface area contributed by atoms with Gasteiger partial charge in [0.25, 0.3) is 0 Å². The van der Waals surface area contributed by atoms with Crippen LogP contribution in [0.5, 0.6) is 0 Å². The van der Waals surface area contributed by atoms with E-state index in [9.17, 15) is 4.79 Å². The topological polar surface area (TPSA) is 44.8 Å². The van der Waals surface area contributed by atoms with Gasteiger partial charge in [0.15, 0.2) is 0 Å². The Bertz CT molecular complexity index is 375. The van der Waals surface area contributed by atoms with Gasteiger partial charge in [0, 0.05) is 51.2 Å². The summed E-state index contributed by atoms with van der Waals surface area (Å²) in [5.41, 5.74) is 0. The summed E-state index contributed by atoms with van der Waals surface area (Å²) in [5, 5.41) is 3.08. The minimum atomic E-state index is 0.0731. The van der Waals surface area contributed by atoms with Crippen molar-refractivity contribution >= 4 is 5.91 Å². The second kappa shape index (κ2) is 9.73. The first-order valence-corrected chi connectivity index (χ1v) is 9.84. The minimum absolute atomic E-state index is 0.0731. The average molecular weight is 340 g/mol. The molecule has 24 heavy (non-hydrogen) atoms. The van der Waals surface area contributed by atoms with Gasteiger partial charge in [0.05, 0.1) is 12.7 Å². The maximum absolute atomic E-state index is 11.6. The molecule has 2 aliphatic rings. The van der Waals surface area contributed by atoms with Crippen molar-refractivity contribution in [2.75, 3.05) is 45.9 Å². The predicted octanol–water partition coefficient (Wildman–Crippen LogP) is 1.97. The molecule has 0 aromatic rings. The number of carbonyl (C=O) groups excluding carboxylic acids is 1. The van der Waals surface area contributed by atoms with Crippen molar-refractivity contribution < 1.29 is 9.53 Å². The Morgan fingerprint density at radius 2 is 1.75 bits per heavy atom. The Labute approximate surface area is 148 Å². The molecule has 1 heterocycles. The smallest absolute Gasteiger partial charge is 0.222 e. The van der Waals surface area contributed by atoms with Gasteiger partial charge in [-0.2, -0.15) is 0 Å². The molecule has 1 amide bonds. The van der Waals surface area contributed by atoms with Crippen LogP contribution in [0, 0.1) is 11.8 Å². The zero-order valence-electron chi connectivity index (χ0n) is 16.1. The Kier molecular flexibility index (Phi) is 7.98. The van der Waals surface area contributed by atoms with Crippen molar-refractivity contribution in [1.82, 2.24) is 15.1 Å². The number of nitrogens with zero attached hydrogens (tertiary/aromatic N) is 2. The largest absolute Gasteiger partial charge is 0.377 e. The highest BCUT2D eigenvalue weighted by molar-refractivity contribution is 5.78. The molecule has 1 unspecified atom stereocenters. The number of piperazine rings is 1. The Hall–Kier alpha value is -0.650. The SMILES string of the molecule is CCC(C)CN1CCN(CCOC2CC(NC(=O)C(C)C)C2)CC1. The molecule has 1 saturated carbocycles. The summed E-state index contributed by atoms with van der Waals surface area (Å²) in [6.45, 7) is 16.3. The van der Waals surface area contributed by atoms with E-state index < -0.39 is 0 Å². The lowest BCUT2D eigenvalue weighted by Gasteiger charge is -2.38. The van der Waals surface area contributed by atoms with Crippen molar-refractivity contribution in [2.45, 2.75) is 59.1 Å². The molecule has 1 N–H and O–H groups in total. The van der Waals surface area contributed by atoms with E-state index in [1.54, 1.807) is 0 Å². The van der Waals surface area contributed by atoms with E-state index in [-0.39, 0.29) is 11.8 Å². The van der Waals surface area contributed by atoms with Crippen LogP contribution in [-0.2, 0) is 9.53 Å². The van der Waals surface area contributed by atoms with E-state index in [0.29, 0.717) is 12.1 Å². The van der Waals surface area contributed by atoms with E-state index in [1.807, 2.05) is 13.8 Å². The molecule has 1 aliphatic heterocycles. The minimum Gasteiger partial charge on any atom is -0.377 e. The zero-order chi connectivity index (χ0) is 17.5. The number of amides is 1. The summed E-state index contributed by atoms with van der Waals surface area (Å²) in [6.07, 6.45) is 3.56. The van der Waals surface area contributed by atoms with Crippen molar-refractivity contribution in [3.8, 4) is 0 Å². The van der Waals surface area contributed by atoms with Crippen LogP contribution in [0.15, 0.2) is 0 Å². The fourth-order valence-electron chi connectivity index (χ4n) is 3.30. The highest BCUT2D eigenvalue weighted by atomic mass is 16.5. The highest BCUT2D eigenvalue weighted by Gasteiger charge is 2.31. The third-order valence-corrected chi connectivity index (χ3v) is 5.46. The molecular weight excluding hydrogens is 302 g/mol. The molecule has 0 aromatic heterocycles. The fraction of sp³-hybridized carbons (Fsp3) is 0.947. The summed E-state index contributed by atoms with van der Waals surface area (Å²) in [4.78, 5) is 16.7. The van der Waals surface area contributed by atoms with Crippen molar-refractivity contribution in [3.63, 3.8) is 0 Å². The highest BCUT2D eigenvalue weighted by Crippen LogP contribution is 2.23. The molecule has 140 valence electrons. The third-order valence-electron chi connectivity index (χ3n) is 5.46. The average Bonchev–Trinajstić information content (AvgIpc) is 2.53. The van der Waals surface area contributed by atoms with Crippen LogP contribution in [0.4, 0.5) is 0 Å². The first kappa shape index (κ1) is 19.7. The van der Waals surface area contributed by atoms with Gasteiger partial charge in [0.1, 0.15) is 0 Å².